The maximum Gasteiger partial charge on any atom is 0.259 e. The SMILES string of the molecule is Cl.NC(=O)c1sc2ccccc2c1CC1CCCCCN1. The lowest BCUT2D eigenvalue weighted by atomic mass is 9.99. The average molecular weight is 325 g/mol. The number of fused-ring (bicyclic) bond motifs is 1. The maximum absolute atomic E-state index is 11.7. The van der Waals surface area contributed by atoms with Crippen LogP contribution in [0.3, 0.4) is 0 Å². The zero-order valence-corrected chi connectivity index (χ0v) is 13.6. The summed E-state index contributed by atoms with van der Waals surface area (Å²) in [6.07, 6.45) is 5.91. The van der Waals surface area contributed by atoms with E-state index in [4.69, 9.17) is 5.73 Å². The van der Waals surface area contributed by atoms with E-state index < -0.39 is 0 Å². The largest absolute Gasteiger partial charge is 0.365 e. The third kappa shape index (κ3) is 3.57. The summed E-state index contributed by atoms with van der Waals surface area (Å²) in [5.41, 5.74) is 6.70. The lowest BCUT2D eigenvalue weighted by molar-refractivity contribution is 0.100. The van der Waals surface area contributed by atoms with Crippen LogP contribution in [0, 0.1) is 0 Å². The molecule has 2 heterocycles. The van der Waals surface area contributed by atoms with Crippen LogP contribution in [0.5, 0.6) is 0 Å². The molecule has 1 fully saturated rings. The molecule has 0 saturated carbocycles. The summed E-state index contributed by atoms with van der Waals surface area (Å²) in [4.78, 5) is 12.4. The summed E-state index contributed by atoms with van der Waals surface area (Å²) in [5, 5.41) is 4.80. The number of hydrogen-bond acceptors (Lipinski definition) is 3. The van der Waals surface area contributed by atoms with Crippen LogP contribution >= 0.6 is 23.7 Å². The molecular formula is C16H21ClN2OS. The van der Waals surface area contributed by atoms with E-state index in [1.165, 1.54) is 42.4 Å². The van der Waals surface area contributed by atoms with Gasteiger partial charge < -0.3 is 11.1 Å². The van der Waals surface area contributed by atoms with Crippen molar-refractivity contribution in [2.45, 2.75) is 38.1 Å². The van der Waals surface area contributed by atoms with Gasteiger partial charge in [0.2, 0.25) is 0 Å². The molecule has 2 aromatic rings. The molecule has 114 valence electrons. The predicted octanol–water partition coefficient (Wildman–Crippen LogP) is 3.50. The van der Waals surface area contributed by atoms with Gasteiger partial charge in [-0.2, -0.15) is 0 Å². The van der Waals surface area contributed by atoms with Crippen molar-refractivity contribution < 1.29 is 4.79 Å². The second-order valence-corrected chi connectivity index (χ2v) is 6.53. The van der Waals surface area contributed by atoms with Gasteiger partial charge in [-0.1, -0.05) is 31.0 Å². The van der Waals surface area contributed by atoms with Gasteiger partial charge in [0.1, 0.15) is 0 Å². The number of hydrogen-bond donors (Lipinski definition) is 2. The maximum atomic E-state index is 11.7. The van der Waals surface area contributed by atoms with Gasteiger partial charge in [0.05, 0.1) is 4.88 Å². The summed E-state index contributed by atoms with van der Waals surface area (Å²) >= 11 is 1.52. The Morgan fingerprint density at radius 2 is 2.10 bits per heavy atom. The van der Waals surface area contributed by atoms with Gasteiger partial charge in [-0.3, -0.25) is 4.79 Å². The molecule has 0 radical (unpaired) electrons. The monoisotopic (exact) mass is 324 g/mol. The van der Waals surface area contributed by atoms with Gasteiger partial charge in [0.15, 0.2) is 0 Å². The Kier molecular flexibility index (Phi) is 5.62. The number of thiophene rings is 1. The van der Waals surface area contributed by atoms with E-state index >= 15 is 0 Å². The lowest BCUT2D eigenvalue weighted by Crippen LogP contribution is -2.30. The molecule has 1 aliphatic rings. The number of rotatable bonds is 3. The quantitative estimate of drug-likeness (QED) is 0.908. The number of benzene rings is 1. The molecule has 1 saturated heterocycles. The number of carbonyl (C=O) groups excluding carboxylic acids is 1. The van der Waals surface area contributed by atoms with Crippen LogP contribution in [0.15, 0.2) is 24.3 Å². The van der Waals surface area contributed by atoms with Crippen LogP contribution in [-0.4, -0.2) is 18.5 Å². The van der Waals surface area contributed by atoms with Crippen molar-refractivity contribution in [3.63, 3.8) is 0 Å². The average Bonchev–Trinajstić information content (AvgIpc) is 2.62. The highest BCUT2D eigenvalue weighted by molar-refractivity contribution is 7.21. The van der Waals surface area contributed by atoms with Gasteiger partial charge in [-0.05, 0) is 42.8 Å². The van der Waals surface area contributed by atoms with Gasteiger partial charge in [-0.25, -0.2) is 0 Å². The standard InChI is InChI=1S/C16H20N2OS.ClH/c17-16(19)15-13(10-11-6-2-1-5-9-18-11)12-7-3-4-8-14(12)20-15;/h3-4,7-8,11,18H,1-2,5-6,9-10H2,(H2,17,19);1H. The third-order valence-corrected chi connectivity index (χ3v) is 5.26. The van der Waals surface area contributed by atoms with Gasteiger partial charge in [-0.15, -0.1) is 23.7 Å². The topological polar surface area (TPSA) is 55.1 Å². The first-order valence-corrected chi connectivity index (χ1v) is 8.11. The molecule has 0 aliphatic carbocycles. The van der Waals surface area contributed by atoms with E-state index in [2.05, 4.69) is 17.4 Å². The molecule has 1 unspecified atom stereocenters. The minimum Gasteiger partial charge on any atom is -0.365 e. The Bertz CT molecular complexity index is 618. The first-order valence-electron chi connectivity index (χ1n) is 7.29. The molecule has 3 N–H and O–H groups in total. The summed E-state index contributed by atoms with van der Waals surface area (Å²) in [5.74, 6) is -0.296. The van der Waals surface area contributed by atoms with Gasteiger partial charge in [0.25, 0.3) is 5.91 Å². The van der Waals surface area contributed by atoms with E-state index in [-0.39, 0.29) is 18.3 Å². The Labute approximate surface area is 135 Å². The van der Waals surface area contributed by atoms with Crippen LogP contribution < -0.4 is 11.1 Å². The summed E-state index contributed by atoms with van der Waals surface area (Å²) in [7, 11) is 0. The fraction of sp³-hybridized carbons (Fsp3) is 0.438. The van der Waals surface area contributed by atoms with Gasteiger partial charge >= 0.3 is 0 Å². The number of halogens is 1. The number of amides is 1. The van der Waals surface area contributed by atoms with E-state index in [0.717, 1.165) is 28.1 Å². The highest BCUT2D eigenvalue weighted by Crippen LogP contribution is 2.32. The third-order valence-electron chi connectivity index (χ3n) is 4.03. The molecule has 1 aliphatic heterocycles. The Morgan fingerprint density at radius 1 is 1.29 bits per heavy atom. The van der Waals surface area contributed by atoms with Crippen LogP contribution in [-0.2, 0) is 6.42 Å². The van der Waals surface area contributed by atoms with E-state index in [1.807, 2.05) is 12.1 Å². The molecule has 5 heteroatoms. The minimum atomic E-state index is -0.296. The van der Waals surface area contributed by atoms with E-state index in [9.17, 15) is 4.79 Å². The molecule has 3 rings (SSSR count). The van der Waals surface area contributed by atoms with Crippen molar-refractivity contribution in [1.29, 1.82) is 0 Å². The van der Waals surface area contributed by atoms with E-state index in [1.54, 1.807) is 0 Å². The normalized spacial score (nSPS) is 19.0. The molecule has 1 amide bonds. The first-order chi connectivity index (χ1) is 9.75. The van der Waals surface area contributed by atoms with Crippen molar-refractivity contribution >= 4 is 39.7 Å². The smallest absolute Gasteiger partial charge is 0.259 e. The molecule has 0 bridgehead atoms. The van der Waals surface area contributed by atoms with E-state index in [0.29, 0.717) is 6.04 Å². The molecular weight excluding hydrogens is 304 g/mol. The van der Waals surface area contributed by atoms with Crippen molar-refractivity contribution in [3.05, 3.63) is 34.7 Å². The highest BCUT2D eigenvalue weighted by atomic mass is 35.5. The van der Waals surface area contributed by atoms with Crippen LogP contribution in [0.25, 0.3) is 10.1 Å². The number of primary amides is 1. The fourth-order valence-corrected chi connectivity index (χ4v) is 4.11. The highest BCUT2D eigenvalue weighted by Gasteiger charge is 2.20. The summed E-state index contributed by atoms with van der Waals surface area (Å²) < 4.78 is 1.16. The second kappa shape index (κ2) is 7.25. The van der Waals surface area contributed by atoms with Gasteiger partial charge in [0, 0.05) is 10.7 Å². The number of nitrogens with one attached hydrogen (secondary N) is 1. The minimum absolute atomic E-state index is 0. The first kappa shape index (κ1) is 16.3. The molecule has 21 heavy (non-hydrogen) atoms. The molecule has 0 spiro atoms. The van der Waals surface area contributed by atoms with Crippen LogP contribution in [0.4, 0.5) is 0 Å². The van der Waals surface area contributed by atoms with Crippen LogP contribution in [0.2, 0.25) is 0 Å². The van der Waals surface area contributed by atoms with Crippen molar-refractivity contribution in [2.24, 2.45) is 5.73 Å². The Balaban J connectivity index is 0.00000161. The van der Waals surface area contributed by atoms with Crippen molar-refractivity contribution in [2.75, 3.05) is 6.54 Å². The second-order valence-electron chi connectivity index (χ2n) is 5.47. The molecule has 3 nitrogen and oxygen atoms in total. The lowest BCUT2D eigenvalue weighted by Gasteiger charge is -2.16. The zero-order chi connectivity index (χ0) is 13.9. The fourth-order valence-electron chi connectivity index (χ4n) is 3.02. The Hall–Kier alpha value is -1.10. The number of nitrogens with two attached hydrogens (primary N) is 1. The zero-order valence-electron chi connectivity index (χ0n) is 11.9. The summed E-state index contributed by atoms with van der Waals surface area (Å²) in [6, 6.07) is 8.68. The summed E-state index contributed by atoms with van der Waals surface area (Å²) in [6.45, 7) is 1.08. The number of carbonyl (C=O) groups is 1. The van der Waals surface area contributed by atoms with Crippen molar-refractivity contribution in [3.8, 4) is 0 Å². The molecule has 1 atom stereocenters. The molecule has 1 aromatic carbocycles. The van der Waals surface area contributed by atoms with Crippen molar-refractivity contribution in [1.82, 2.24) is 5.32 Å². The predicted molar refractivity (Wildman–Crippen MR) is 91.6 cm³/mol. The Morgan fingerprint density at radius 3 is 2.90 bits per heavy atom. The van der Waals surface area contributed by atoms with Crippen LogP contribution in [0.1, 0.15) is 40.9 Å². The molecule has 1 aromatic heterocycles.